The van der Waals surface area contributed by atoms with Crippen LogP contribution < -0.4 is 10.6 Å². The summed E-state index contributed by atoms with van der Waals surface area (Å²) in [7, 11) is 1.37. The van der Waals surface area contributed by atoms with Gasteiger partial charge in [0.15, 0.2) is 5.11 Å². The van der Waals surface area contributed by atoms with Crippen LogP contribution in [0.25, 0.3) is 0 Å². The van der Waals surface area contributed by atoms with E-state index < -0.39 is 0 Å². The molecule has 4 nitrogen and oxygen atoms in total. The number of fused-ring (bicyclic) bond motifs is 1. The molecule has 0 fully saturated rings. The molecule has 1 heterocycles. The molecule has 0 aliphatic heterocycles. The molecule has 0 amide bonds. The lowest BCUT2D eigenvalue weighted by Gasteiger charge is -2.11. The highest BCUT2D eigenvalue weighted by Crippen LogP contribution is 2.39. The summed E-state index contributed by atoms with van der Waals surface area (Å²) in [6, 6.07) is 6.02. The lowest BCUT2D eigenvalue weighted by Crippen LogP contribution is -2.20. The van der Waals surface area contributed by atoms with Crippen LogP contribution >= 0.6 is 23.6 Å². The molecule has 0 saturated carbocycles. The van der Waals surface area contributed by atoms with Crippen molar-refractivity contribution in [2.75, 3.05) is 17.7 Å². The standard InChI is InChI=1S/C16H15FN2O2S2/c1-21-15(20)13-11-6-3-7-12(11)23-14(13)19-16(22)18-10-5-2-4-9(17)8-10/h2,4-5,8H,3,6-7H2,1H3,(H2,18,19,22). The van der Waals surface area contributed by atoms with Gasteiger partial charge in [0.25, 0.3) is 0 Å². The van der Waals surface area contributed by atoms with Crippen molar-refractivity contribution in [2.45, 2.75) is 19.3 Å². The molecule has 2 N–H and O–H groups in total. The summed E-state index contributed by atoms with van der Waals surface area (Å²) in [6.07, 6.45) is 2.90. The van der Waals surface area contributed by atoms with Crippen molar-refractivity contribution in [1.82, 2.24) is 0 Å². The zero-order valence-corrected chi connectivity index (χ0v) is 14.1. The number of thiocarbonyl (C=S) groups is 1. The third-order valence-electron chi connectivity index (χ3n) is 3.62. The van der Waals surface area contributed by atoms with E-state index in [1.807, 2.05) is 0 Å². The van der Waals surface area contributed by atoms with Crippen molar-refractivity contribution in [3.63, 3.8) is 0 Å². The fourth-order valence-corrected chi connectivity index (χ4v) is 4.21. The van der Waals surface area contributed by atoms with E-state index in [9.17, 15) is 9.18 Å². The number of hydrogen-bond donors (Lipinski definition) is 2. The first-order valence-electron chi connectivity index (χ1n) is 7.15. The number of rotatable bonds is 3. The zero-order valence-electron chi connectivity index (χ0n) is 12.4. The van der Waals surface area contributed by atoms with E-state index in [0.717, 1.165) is 24.8 Å². The Balaban J connectivity index is 1.80. The second-order valence-electron chi connectivity index (χ2n) is 5.14. The number of carbonyl (C=O) groups is 1. The lowest BCUT2D eigenvalue weighted by atomic mass is 10.1. The van der Waals surface area contributed by atoms with Gasteiger partial charge in [-0.2, -0.15) is 0 Å². The van der Waals surface area contributed by atoms with E-state index >= 15 is 0 Å². The molecule has 0 saturated heterocycles. The van der Waals surface area contributed by atoms with Gasteiger partial charge in [0.05, 0.1) is 12.7 Å². The molecule has 0 bridgehead atoms. The largest absolute Gasteiger partial charge is 0.465 e. The number of ether oxygens (including phenoxy) is 1. The minimum absolute atomic E-state index is 0.306. The Bertz CT molecular complexity index is 773. The second kappa shape index (κ2) is 6.64. The van der Waals surface area contributed by atoms with Crippen molar-refractivity contribution in [3.8, 4) is 0 Å². The Morgan fingerprint density at radius 3 is 2.91 bits per heavy atom. The van der Waals surface area contributed by atoms with Gasteiger partial charge in [-0.15, -0.1) is 11.3 Å². The molecule has 3 rings (SSSR count). The summed E-state index contributed by atoms with van der Waals surface area (Å²) in [5.41, 5.74) is 2.16. The molecule has 0 radical (unpaired) electrons. The molecule has 1 aromatic carbocycles. The normalized spacial score (nSPS) is 12.6. The van der Waals surface area contributed by atoms with Crippen LogP contribution in [0.4, 0.5) is 15.1 Å². The van der Waals surface area contributed by atoms with Gasteiger partial charge in [-0.25, -0.2) is 9.18 Å². The fourth-order valence-electron chi connectivity index (χ4n) is 2.64. The molecule has 120 valence electrons. The number of carbonyl (C=O) groups excluding carboxylic acids is 1. The van der Waals surface area contributed by atoms with E-state index in [1.165, 1.54) is 35.5 Å². The number of halogens is 1. The van der Waals surface area contributed by atoms with E-state index in [1.54, 1.807) is 12.1 Å². The Labute approximate surface area is 142 Å². The van der Waals surface area contributed by atoms with Crippen LogP contribution in [-0.2, 0) is 17.6 Å². The Morgan fingerprint density at radius 2 is 2.17 bits per heavy atom. The Morgan fingerprint density at radius 1 is 1.35 bits per heavy atom. The number of hydrogen-bond acceptors (Lipinski definition) is 4. The predicted octanol–water partition coefficient (Wildman–Crippen LogP) is 3.97. The Hall–Kier alpha value is -1.99. The molecule has 1 aliphatic rings. The van der Waals surface area contributed by atoms with Crippen molar-refractivity contribution in [1.29, 1.82) is 0 Å². The van der Waals surface area contributed by atoms with Crippen molar-refractivity contribution >= 4 is 45.3 Å². The molecule has 0 unspecified atom stereocenters. The lowest BCUT2D eigenvalue weighted by molar-refractivity contribution is 0.0601. The maximum Gasteiger partial charge on any atom is 0.341 e. The van der Waals surface area contributed by atoms with Crippen LogP contribution in [0.3, 0.4) is 0 Å². The molecular weight excluding hydrogens is 335 g/mol. The van der Waals surface area contributed by atoms with Gasteiger partial charge < -0.3 is 15.4 Å². The maximum atomic E-state index is 13.2. The van der Waals surface area contributed by atoms with Gasteiger partial charge in [-0.3, -0.25) is 0 Å². The number of benzene rings is 1. The summed E-state index contributed by atoms with van der Waals surface area (Å²) in [5.74, 6) is -0.705. The van der Waals surface area contributed by atoms with Crippen LogP contribution in [0.2, 0.25) is 0 Å². The molecular formula is C16H15FN2O2S2. The summed E-state index contributed by atoms with van der Waals surface area (Å²) in [5, 5.41) is 6.94. The third kappa shape index (κ3) is 3.35. The number of esters is 1. The molecule has 1 aliphatic carbocycles. The fraction of sp³-hybridized carbons (Fsp3) is 0.250. The van der Waals surface area contributed by atoms with Crippen LogP contribution in [0.15, 0.2) is 24.3 Å². The number of anilines is 2. The van der Waals surface area contributed by atoms with Crippen molar-refractivity contribution in [3.05, 3.63) is 46.1 Å². The number of methoxy groups -OCH3 is 1. The van der Waals surface area contributed by atoms with Crippen molar-refractivity contribution < 1.29 is 13.9 Å². The molecule has 23 heavy (non-hydrogen) atoms. The quantitative estimate of drug-likeness (QED) is 0.648. The number of aryl methyl sites for hydroxylation is 1. The van der Waals surface area contributed by atoms with E-state index in [2.05, 4.69) is 10.6 Å². The zero-order chi connectivity index (χ0) is 16.4. The summed E-state index contributed by atoms with van der Waals surface area (Å²) < 4.78 is 18.1. The third-order valence-corrected chi connectivity index (χ3v) is 5.03. The monoisotopic (exact) mass is 350 g/mol. The van der Waals surface area contributed by atoms with Crippen molar-refractivity contribution in [2.24, 2.45) is 0 Å². The SMILES string of the molecule is COC(=O)c1c(NC(=S)Nc2cccc(F)c2)sc2c1CCC2. The van der Waals surface area contributed by atoms with Crippen LogP contribution in [0, 0.1) is 5.82 Å². The minimum atomic E-state index is -0.361. The average molecular weight is 350 g/mol. The molecule has 0 atom stereocenters. The Kier molecular flexibility index (Phi) is 4.58. The summed E-state index contributed by atoms with van der Waals surface area (Å²) in [6.45, 7) is 0. The van der Waals surface area contributed by atoms with E-state index in [4.69, 9.17) is 17.0 Å². The average Bonchev–Trinajstić information content (AvgIpc) is 3.06. The molecule has 7 heteroatoms. The van der Waals surface area contributed by atoms with Gasteiger partial charge in [0.2, 0.25) is 0 Å². The first kappa shape index (κ1) is 15.9. The second-order valence-corrected chi connectivity index (χ2v) is 6.66. The summed E-state index contributed by atoms with van der Waals surface area (Å²) in [4.78, 5) is 13.3. The van der Waals surface area contributed by atoms with Crippen LogP contribution in [0.5, 0.6) is 0 Å². The smallest absolute Gasteiger partial charge is 0.341 e. The highest BCUT2D eigenvalue weighted by molar-refractivity contribution is 7.80. The maximum absolute atomic E-state index is 13.2. The van der Waals surface area contributed by atoms with Gasteiger partial charge in [0.1, 0.15) is 10.8 Å². The highest BCUT2D eigenvalue weighted by Gasteiger charge is 2.27. The first-order valence-corrected chi connectivity index (χ1v) is 8.37. The summed E-state index contributed by atoms with van der Waals surface area (Å²) >= 11 is 6.78. The van der Waals surface area contributed by atoms with Crippen LogP contribution in [-0.4, -0.2) is 18.2 Å². The van der Waals surface area contributed by atoms with Gasteiger partial charge >= 0.3 is 5.97 Å². The van der Waals surface area contributed by atoms with E-state index in [-0.39, 0.29) is 11.8 Å². The van der Waals surface area contributed by atoms with Gasteiger partial charge in [0, 0.05) is 10.6 Å². The highest BCUT2D eigenvalue weighted by atomic mass is 32.1. The van der Waals surface area contributed by atoms with E-state index in [0.29, 0.717) is 21.4 Å². The van der Waals surface area contributed by atoms with Crippen LogP contribution in [0.1, 0.15) is 27.2 Å². The molecule has 2 aromatic rings. The topological polar surface area (TPSA) is 50.4 Å². The van der Waals surface area contributed by atoms with Gasteiger partial charge in [-0.1, -0.05) is 6.07 Å². The predicted molar refractivity (Wildman–Crippen MR) is 93.9 cm³/mol. The molecule has 0 spiro atoms. The number of thiophene rings is 1. The minimum Gasteiger partial charge on any atom is -0.465 e. The van der Waals surface area contributed by atoms with Gasteiger partial charge in [-0.05, 0) is 55.2 Å². The first-order chi connectivity index (χ1) is 11.1. The molecule has 1 aromatic heterocycles. The number of nitrogens with one attached hydrogen (secondary N) is 2.